The molecule has 0 spiro atoms. The maximum Gasteiger partial charge on any atom is 0.407 e. The smallest absolute Gasteiger partial charge is 0.407 e. The Bertz CT molecular complexity index is 600. The largest absolute Gasteiger partial charge is 0.444 e. The number of thioether (sulfide) groups is 1. The van der Waals surface area contributed by atoms with Crippen LogP contribution in [0.5, 0.6) is 0 Å². The molecule has 0 aliphatic heterocycles. The Morgan fingerprint density at radius 1 is 1.14 bits per heavy atom. The normalized spacial score (nSPS) is 14.5. The molecule has 3 N–H and O–H groups in total. The van der Waals surface area contributed by atoms with Crippen LogP contribution >= 0.6 is 11.8 Å². The molecule has 0 saturated heterocycles. The minimum atomic E-state index is -0.739. The fourth-order valence-corrected chi connectivity index (χ4v) is 3.94. The molecule has 0 saturated carbocycles. The van der Waals surface area contributed by atoms with E-state index < -0.39 is 23.8 Å². The number of hydrogen-bond acceptors (Lipinski definition) is 5. The summed E-state index contributed by atoms with van der Waals surface area (Å²) in [5, 5.41) is 17.2. The van der Waals surface area contributed by atoms with Gasteiger partial charge in [-0.05, 0) is 58.3 Å². The highest BCUT2D eigenvalue weighted by Gasteiger charge is 2.27. The Hall–Kier alpha value is -1.24. The second-order valence-electron chi connectivity index (χ2n) is 9.68. The number of rotatable bonds is 11. The van der Waals surface area contributed by atoms with Gasteiger partial charge in [0.1, 0.15) is 5.60 Å². The van der Waals surface area contributed by atoms with E-state index in [2.05, 4.69) is 38.3 Å². The molecule has 0 heterocycles. The van der Waals surface area contributed by atoms with E-state index in [1.165, 1.54) is 0 Å². The summed E-state index contributed by atoms with van der Waals surface area (Å²) in [6.07, 6.45) is -0.716. The minimum Gasteiger partial charge on any atom is -0.444 e. The van der Waals surface area contributed by atoms with Gasteiger partial charge in [-0.1, -0.05) is 44.2 Å². The maximum atomic E-state index is 12.3. The molecule has 166 valence electrons. The lowest BCUT2D eigenvalue weighted by atomic mass is 10.00. The van der Waals surface area contributed by atoms with Crippen molar-refractivity contribution in [2.24, 2.45) is 5.92 Å². The van der Waals surface area contributed by atoms with E-state index in [0.717, 1.165) is 17.1 Å². The second-order valence-corrected chi connectivity index (χ2v) is 10.7. The highest BCUT2D eigenvalue weighted by Crippen LogP contribution is 2.16. The van der Waals surface area contributed by atoms with Crippen LogP contribution in [-0.4, -0.2) is 52.5 Å². The Labute approximate surface area is 181 Å². The lowest BCUT2D eigenvalue weighted by Gasteiger charge is -2.31. The highest BCUT2D eigenvalue weighted by atomic mass is 32.2. The maximum absolute atomic E-state index is 12.3. The number of carbonyl (C=O) groups is 1. The number of benzene rings is 1. The number of nitrogens with one attached hydrogen (secondary N) is 2. The number of hydrogen-bond donors (Lipinski definition) is 3. The van der Waals surface area contributed by atoms with Crippen LogP contribution in [0.3, 0.4) is 0 Å². The number of aliphatic hydroxyl groups is 1. The average Bonchev–Trinajstić information content (AvgIpc) is 2.58. The lowest BCUT2D eigenvalue weighted by molar-refractivity contribution is 0.0417. The van der Waals surface area contributed by atoms with Crippen molar-refractivity contribution in [3.8, 4) is 0 Å². The fourth-order valence-electron chi connectivity index (χ4n) is 2.73. The molecule has 0 aliphatic rings. The molecule has 0 unspecified atom stereocenters. The first-order valence-corrected chi connectivity index (χ1v) is 11.6. The van der Waals surface area contributed by atoms with Gasteiger partial charge in [0.2, 0.25) is 0 Å². The van der Waals surface area contributed by atoms with E-state index in [0.29, 0.717) is 18.9 Å². The monoisotopic (exact) mass is 424 g/mol. The average molecular weight is 425 g/mol. The van der Waals surface area contributed by atoms with Crippen molar-refractivity contribution in [2.75, 3.05) is 18.1 Å². The predicted molar refractivity (Wildman–Crippen MR) is 124 cm³/mol. The molecule has 2 atom stereocenters. The van der Waals surface area contributed by atoms with Gasteiger partial charge < -0.3 is 20.5 Å². The summed E-state index contributed by atoms with van der Waals surface area (Å²) >= 11 is 1.91. The summed E-state index contributed by atoms with van der Waals surface area (Å²) in [6.45, 7) is 14.6. The molecular weight excluding hydrogens is 384 g/mol. The van der Waals surface area contributed by atoms with E-state index in [1.54, 1.807) is 0 Å². The molecule has 29 heavy (non-hydrogen) atoms. The molecule has 0 aromatic heterocycles. The van der Waals surface area contributed by atoms with Crippen LogP contribution in [0.4, 0.5) is 4.79 Å². The Morgan fingerprint density at radius 2 is 1.76 bits per heavy atom. The summed E-state index contributed by atoms with van der Waals surface area (Å²) in [4.78, 5) is 12.3. The van der Waals surface area contributed by atoms with Gasteiger partial charge in [-0.15, -0.1) is 0 Å². The highest BCUT2D eigenvalue weighted by molar-refractivity contribution is 7.99. The van der Waals surface area contributed by atoms with Gasteiger partial charge in [-0.3, -0.25) is 0 Å². The van der Waals surface area contributed by atoms with Crippen molar-refractivity contribution in [2.45, 2.75) is 78.2 Å². The van der Waals surface area contributed by atoms with Gasteiger partial charge in [-0.25, -0.2) is 4.79 Å². The Morgan fingerprint density at radius 3 is 2.31 bits per heavy atom. The lowest BCUT2D eigenvalue weighted by Crippen LogP contribution is -2.53. The van der Waals surface area contributed by atoms with Crippen molar-refractivity contribution in [3.05, 3.63) is 35.9 Å². The zero-order chi connectivity index (χ0) is 22.1. The summed E-state index contributed by atoms with van der Waals surface area (Å²) in [5.41, 5.74) is 0.364. The van der Waals surface area contributed by atoms with Crippen molar-refractivity contribution >= 4 is 17.9 Å². The van der Waals surface area contributed by atoms with Crippen LogP contribution in [-0.2, 0) is 11.2 Å². The minimum absolute atomic E-state index is 0.107. The van der Waals surface area contributed by atoms with Crippen LogP contribution in [0.1, 0.15) is 54.0 Å². The van der Waals surface area contributed by atoms with Gasteiger partial charge in [0.15, 0.2) is 0 Å². The molecule has 6 heteroatoms. The number of amides is 1. The van der Waals surface area contributed by atoms with E-state index in [9.17, 15) is 9.90 Å². The Kier molecular flexibility index (Phi) is 10.5. The van der Waals surface area contributed by atoms with E-state index >= 15 is 0 Å². The molecule has 1 rings (SSSR count). The van der Waals surface area contributed by atoms with Crippen LogP contribution in [0, 0.1) is 5.92 Å². The van der Waals surface area contributed by atoms with Gasteiger partial charge in [0, 0.05) is 17.8 Å². The van der Waals surface area contributed by atoms with E-state index in [4.69, 9.17) is 4.74 Å². The second kappa shape index (κ2) is 11.8. The molecule has 1 aromatic carbocycles. The topological polar surface area (TPSA) is 70.6 Å². The number of ether oxygens (including phenoxy) is 1. The van der Waals surface area contributed by atoms with Gasteiger partial charge in [-0.2, -0.15) is 11.8 Å². The molecule has 1 aromatic rings. The predicted octanol–water partition coefficient (Wildman–Crippen LogP) is 4.24. The van der Waals surface area contributed by atoms with Crippen molar-refractivity contribution < 1.29 is 14.6 Å². The van der Waals surface area contributed by atoms with Gasteiger partial charge in [0.05, 0.1) is 12.1 Å². The zero-order valence-corrected chi connectivity index (χ0v) is 19.9. The summed E-state index contributed by atoms with van der Waals surface area (Å²) in [5.74, 6) is 2.74. The number of carbonyl (C=O) groups excluding carboxylic acids is 1. The first-order chi connectivity index (χ1) is 13.4. The van der Waals surface area contributed by atoms with Crippen molar-refractivity contribution in [1.29, 1.82) is 0 Å². The molecule has 0 radical (unpaired) electrons. The van der Waals surface area contributed by atoms with Crippen LogP contribution in [0.2, 0.25) is 0 Å². The summed E-state index contributed by atoms with van der Waals surface area (Å²) < 4.78 is 5.39. The van der Waals surface area contributed by atoms with Crippen LogP contribution in [0.15, 0.2) is 30.3 Å². The Balaban J connectivity index is 2.71. The van der Waals surface area contributed by atoms with Gasteiger partial charge in [0.25, 0.3) is 0 Å². The van der Waals surface area contributed by atoms with Crippen LogP contribution < -0.4 is 10.6 Å². The molecule has 0 aliphatic carbocycles. The van der Waals surface area contributed by atoms with Crippen molar-refractivity contribution in [1.82, 2.24) is 10.6 Å². The third kappa shape index (κ3) is 12.1. The quantitative estimate of drug-likeness (QED) is 0.496. The molecule has 0 fully saturated rings. The van der Waals surface area contributed by atoms with E-state index in [-0.39, 0.29) is 5.54 Å². The molecule has 0 bridgehead atoms. The fraction of sp³-hybridized carbons (Fsp3) is 0.696. The third-order valence-electron chi connectivity index (χ3n) is 4.17. The standard InChI is InChI=1S/C23H40N2O3S/c1-17(2)15-29-16-23(6,7)24-14-20(26)19(13-18-11-9-8-10-12-18)25-21(27)28-22(3,4)5/h8-12,17,19-20,24,26H,13-16H2,1-7H3,(H,25,27)/t19-,20+/m0/s1. The van der Waals surface area contributed by atoms with Crippen molar-refractivity contribution in [3.63, 3.8) is 0 Å². The summed E-state index contributed by atoms with van der Waals surface area (Å²) in [6, 6.07) is 9.42. The first-order valence-electron chi connectivity index (χ1n) is 10.4. The van der Waals surface area contributed by atoms with E-state index in [1.807, 2.05) is 62.9 Å². The number of β-amino-alcohol motifs (C(OH)–C–C–N with tert-alkyl or cyclic N) is 1. The molecule has 1 amide bonds. The SMILES string of the molecule is CC(C)CSCC(C)(C)NC[C@@H](O)[C@H](Cc1ccccc1)NC(=O)OC(C)(C)C. The molecule has 5 nitrogen and oxygen atoms in total. The molecular formula is C23H40N2O3S. The first kappa shape index (κ1) is 25.8. The number of alkyl carbamates (subject to hydrolysis) is 1. The zero-order valence-electron chi connectivity index (χ0n) is 19.1. The van der Waals surface area contributed by atoms with Gasteiger partial charge >= 0.3 is 6.09 Å². The van der Waals surface area contributed by atoms with Crippen LogP contribution in [0.25, 0.3) is 0 Å². The number of aliphatic hydroxyl groups excluding tert-OH is 1. The third-order valence-corrected chi connectivity index (χ3v) is 6.00. The summed E-state index contributed by atoms with van der Waals surface area (Å²) in [7, 11) is 0.